The van der Waals surface area contributed by atoms with Crippen LogP contribution in [0.4, 0.5) is 8.78 Å². The lowest BCUT2D eigenvalue weighted by atomic mass is 9.70. The zero-order valence-electron chi connectivity index (χ0n) is 22.5. The van der Waals surface area contributed by atoms with E-state index in [1.165, 1.54) is 4.90 Å². The molecule has 0 aliphatic carbocycles. The number of benzene rings is 1. The van der Waals surface area contributed by atoms with Crippen LogP contribution in [0, 0.1) is 0 Å². The molecular formula is C27H37F2N3O5. The quantitative estimate of drug-likeness (QED) is 0.596. The fraction of sp³-hybridized carbons (Fsp3) is 0.667. The summed E-state index contributed by atoms with van der Waals surface area (Å²) in [4.78, 5) is 40.8. The molecule has 2 amide bonds. The van der Waals surface area contributed by atoms with Crippen LogP contribution >= 0.6 is 0 Å². The molecule has 0 radical (unpaired) electrons. The van der Waals surface area contributed by atoms with Gasteiger partial charge in [-0.2, -0.15) is 0 Å². The molecule has 37 heavy (non-hydrogen) atoms. The van der Waals surface area contributed by atoms with E-state index in [2.05, 4.69) is 0 Å². The molecule has 1 aromatic carbocycles. The zero-order chi connectivity index (χ0) is 27.6. The molecule has 3 aliphatic heterocycles. The fourth-order valence-corrected chi connectivity index (χ4v) is 5.61. The highest BCUT2D eigenvalue weighted by Gasteiger charge is 2.63. The number of carbonyl (C=O) groups excluding carboxylic acids is 3. The number of nitrogens with zero attached hydrogens (tertiary/aromatic N) is 2. The Morgan fingerprint density at radius 2 is 1.86 bits per heavy atom. The summed E-state index contributed by atoms with van der Waals surface area (Å²) in [5.74, 6) is -4.43. The predicted octanol–water partition coefficient (Wildman–Crippen LogP) is 3.39. The molecule has 3 aliphatic rings. The van der Waals surface area contributed by atoms with E-state index in [-0.39, 0.29) is 44.5 Å². The molecule has 1 unspecified atom stereocenters. The third kappa shape index (κ3) is 4.80. The number of hydrogen-bond acceptors (Lipinski definition) is 6. The average Bonchev–Trinajstić information content (AvgIpc) is 3.28. The van der Waals surface area contributed by atoms with Gasteiger partial charge in [0.15, 0.2) is 0 Å². The van der Waals surface area contributed by atoms with Gasteiger partial charge < -0.3 is 20.1 Å². The van der Waals surface area contributed by atoms with E-state index in [4.69, 9.17) is 15.2 Å². The van der Waals surface area contributed by atoms with Crippen LogP contribution in [0.2, 0.25) is 0 Å². The number of esters is 1. The third-order valence-electron chi connectivity index (χ3n) is 7.65. The Balaban J connectivity index is 1.59. The molecule has 1 fully saturated rings. The lowest BCUT2D eigenvalue weighted by Crippen LogP contribution is -2.62. The van der Waals surface area contributed by atoms with Crippen LogP contribution in [-0.2, 0) is 26.3 Å². The van der Waals surface area contributed by atoms with Crippen molar-refractivity contribution in [2.24, 2.45) is 5.73 Å². The van der Waals surface area contributed by atoms with Gasteiger partial charge in [-0.15, -0.1) is 0 Å². The number of carbonyl (C=O) groups is 3. The second-order valence-electron chi connectivity index (χ2n) is 12.4. The number of amides is 2. The van der Waals surface area contributed by atoms with Gasteiger partial charge >= 0.3 is 5.97 Å². The van der Waals surface area contributed by atoms with E-state index in [0.717, 1.165) is 0 Å². The number of piperidine rings is 1. The molecule has 0 aromatic heterocycles. The third-order valence-corrected chi connectivity index (χ3v) is 7.65. The molecule has 1 saturated heterocycles. The smallest absolute Gasteiger partial charge is 0.306 e. The van der Waals surface area contributed by atoms with Crippen molar-refractivity contribution in [3.8, 4) is 5.75 Å². The molecule has 1 spiro atoms. The van der Waals surface area contributed by atoms with Gasteiger partial charge in [-0.25, -0.2) is 8.78 Å². The van der Waals surface area contributed by atoms with Gasteiger partial charge in [0.2, 0.25) is 5.91 Å². The van der Waals surface area contributed by atoms with E-state index in [0.29, 0.717) is 29.0 Å². The van der Waals surface area contributed by atoms with Gasteiger partial charge in [-0.3, -0.25) is 19.3 Å². The first-order valence-corrected chi connectivity index (χ1v) is 12.7. The monoisotopic (exact) mass is 521 g/mol. The Labute approximate surface area is 216 Å². The Morgan fingerprint density at radius 1 is 1.19 bits per heavy atom. The molecule has 0 bridgehead atoms. The van der Waals surface area contributed by atoms with Crippen LogP contribution in [0.5, 0.6) is 5.75 Å². The summed E-state index contributed by atoms with van der Waals surface area (Å²) < 4.78 is 42.7. The second-order valence-corrected chi connectivity index (χ2v) is 12.4. The highest BCUT2D eigenvalue weighted by Crippen LogP contribution is 2.55. The molecule has 2 atom stereocenters. The molecule has 4 rings (SSSR count). The molecule has 0 saturated carbocycles. The normalized spacial score (nSPS) is 24.0. The van der Waals surface area contributed by atoms with Crippen LogP contribution in [0.15, 0.2) is 12.1 Å². The maximum Gasteiger partial charge on any atom is 0.306 e. The Morgan fingerprint density at radius 3 is 2.43 bits per heavy atom. The van der Waals surface area contributed by atoms with Gasteiger partial charge in [-0.1, -0.05) is 6.07 Å². The van der Waals surface area contributed by atoms with Gasteiger partial charge in [0, 0.05) is 35.2 Å². The molecule has 204 valence electrons. The van der Waals surface area contributed by atoms with Crippen LogP contribution < -0.4 is 10.5 Å². The largest absolute Gasteiger partial charge is 0.492 e. The lowest BCUT2D eigenvalue weighted by molar-refractivity contribution is -0.155. The van der Waals surface area contributed by atoms with Crippen molar-refractivity contribution >= 4 is 17.8 Å². The summed E-state index contributed by atoms with van der Waals surface area (Å²) in [6, 6.07) is 2.07. The Hall–Kier alpha value is -2.75. The van der Waals surface area contributed by atoms with Crippen LogP contribution in [0.3, 0.4) is 0 Å². The minimum absolute atomic E-state index is 0.00231. The molecule has 10 heteroatoms. The number of likely N-dealkylation sites (tertiary alicyclic amines) is 1. The van der Waals surface area contributed by atoms with Gasteiger partial charge in [0.1, 0.15) is 24.0 Å². The summed E-state index contributed by atoms with van der Waals surface area (Å²) in [5, 5.41) is 0. The van der Waals surface area contributed by atoms with Crippen molar-refractivity contribution in [3.05, 3.63) is 28.8 Å². The Kier molecular flexibility index (Phi) is 6.58. The SMILES string of the molecule is CC(C)(C)OC(=O)CC[C@@H](C(N)=O)N1Cc2c(ccc3c2OCC32CCN(C(C)(C)C)CC2(F)F)C1=O. The molecule has 8 nitrogen and oxygen atoms in total. The summed E-state index contributed by atoms with van der Waals surface area (Å²) in [7, 11) is 0. The number of hydrogen-bond donors (Lipinski definition) is 1. The molecular weight excluding hydrogens is 484 g/mol. The standard InChI is InChI=1S/C27H37F2N3O5/c1-24(2,3)31-12-11-26(27(28,29)14-31)15-36-21-17-13-32(23(35)16(17)7-8-18(21)26)19(22(30)34)9-10-20(33)37-25(4,5)6/h7-8,19H,9-15H2,1-6H3,(H2,30,34)/t19-,26?/m0/s1. The van der Waals surface area contributed by atoms with Gasteiger partial charge in [0.05, 0.1) is 18.5 Å². The number of ether oxygens (including phenoxy) is 2. The van der Waals surface area contributed by atoms with Gasteiger partial charge in [-0.05, 0) is 60.5 Å². The van der Waals surface area contributed by atoms with E-state index in [1.807, 2.05) is 20.8 Å². The highest BCUT2D eigenvalue weighted by molar-refractivity contribution is 6.02. The van der Waals surface area contributed by atoms with Crippen molar-refractivity contribution in [2.75, 3.05) is 19.7 Å². The maximum absolute atomic E-state index is 15.8. The van der Waals surface area contributed by atoms with Crippen molar-refractivity contribution in [1.82, 2.24) is 9.80 Å². The summed E-state index contributed by atoms with van der Waals surface area (Å²) >= 11 is 0. The van der Waals surface area contributed by atoms with E-state index in [1.54, 1.807) is 37.8 Å². The number of rotatable bonds is 5. The number of primary amides is 1. The molecule has 3 heterocycles. The number of alkyl halides is 2. The van der Waals surface area contributed by atoms with Crippen LogP contribution in [-0.4, -0.2) is 70.4 Å². The summed E-state index contributed by atoms with van der Waals surface area (Å²) in [6.45, 7) is 10.9. The zero-order valence-corrected chi connectivity index (χ0v) is 22.5. The fourth-order valence-electron chi connectivity index (χ4n) is 5.61. The average molecular weight is 522 g/mol. The Bertz CT molecular complexity index is 1120. The van der Waals surface area contributed by atoms with Crippen LogP contribution in [0.1, 0.15) is 82.3 Å². The van der Waals surface area contributed by atoms with E-state index in [9.17, 15) is 14.4 Å². The first-order valence-electron chi connectivity index (χ1n) is 12.7. The minimum atomic E-state index is -3.04. The molecule has 1 aromatic rings. The number of halogens is 2. The second kappa shape index (κ2) is 8.92. The van der Waals surface area contributed by atoms with Gasteiger partial charge in [0.25, 0.3) is 11.8 Å². The van der Waals surface area contributed by atoms with Crippen LogP contribution in [0.25, 0.3) is 0 Å². The van der Waals surface area contributed by atoms with Crippen molar-refractivity contribution in [2.45, 2.75) is 95.9 Å². The van der Waals surface area contributed by atoms with E-state index >= 15 is 8.78 Å². The first-order chi connectivity index (χ1) is 17.0. The van der Waals surface area contributed by atoms with Crippen molar-refractivity contribution in [1.29, 1.82) is 0 Å². The summed E-state index contributed by atoms with van der Waals surface area (Å²) in [5.41, 5.74) is 4.26. The van der Waals surface area contributed by atoms with E-state index < -0.39 is 40.8 Å². The van der Waals surface area contributed by atoms with Crippen molar-refractivity contribution < 1.29 is 32.6 Å². The maximum atomic E-state index is 15.8. The summed E-state index contributed by atoms with van der Waals surface area (Å²) in [6.07, 6.45) is 0.122. The predicted molar refractivity (Wildman–Crippen MR) is 132 cm³/mol. The topological polar surface area (TPSA) is 102 Å². The van der Waals surface area contributed by atoms with Crippen molar-refractivity contribution in [3.63, 3.8) is 0 Å². The minimum Gasteiger partial charge on any atom is -0.492 e. The number of nitrogens with two attached hydrogens (primary N) is 1. The first kappa shape index (κ1) is 27.3. The highest BCUT2D eigenvalue weighted by atomic mass is 19.3. The number of fused-ring (bicyclic) bond motifs is 4. The molecule has 2 N–H and O–H groups in total. The lowest BCUT2D eigenvalue weighted by Gasteiger charge is -2.49.